The van der Waals surface area contributed by atoms with Crippen LogP contribution < -0.4 is 0 Å². The molecule has 1 aliphatic rings. The standard InChI is InChI=1S/C14H20FNO3S/c1-2-14(11-17)7-9-16(10-8-14)20(18,19)13-6-4-3-5-12(13)15/h3-6,17H,2,7-11H2,1H3. The van der Waals surface area contributed by atoms with Gasteiger partial charge in [-0.1, -0.05) is 19.1 Å². The van der Waals surface area contributed by atoms with Gasteiger partial charge < -0.3 is 5.11 Å². The Labute approximate surface area is 119 Å². The van der Waals surface area contributed by atoms with Crippen molar-refractivity contribution >= 4 is 10.0 Å². The first-order valence-corrected chi connectivity index (χ1v) is 8.25. The molecule has 4 nitrogen and oxygen atoms in total. The molecular formula is C14H20FNO3S. The van der Waals surface area contributed by atoms with E-state index in [9.17, 15) is 17.9 Å². The van der Waals surface area contributed by atoms with Crippen LogP contribution in [0.15, 0.2) is 29.2 Å². The second-order valence-corrected chi connectivity index (χ2v) is 7.25. The lowest BCUT2D eigenvalue weighted by molar-refractivity contribution is 0.0647. The molecule has 0 saturated carbocycles. The maximum absolute atomic E-state index is 13.7. The molecule has 112 valence electrons. The van der Waals surface area contributed by atoms with E-state index in [-0.39, 0.29) is 16.9 Å². The number of nitrogens with zero attached hydrogens (tertiary/aromatic N) is 1. The normalized spacial score (nSPS) is 19.9. The van der Waals surface area contributed by atoms with Gasteiger partial charge in [0.2, 0.25) is 10.0 Å². The summed E-state index contributed by atoms with van der Waals surface area (Å²) >= 11 is 0. The maximum atomic E-state index is 13.7. The van der Waals surface area contributed by atoms with E-state index in [1.807, 2.05) is 6.92 Å². The van der Waals surface area contributed by atoms with Crippen LogP contribution in [0.3, 0.4) is 0 Å². The van der Waals surface area contributed by atoms with Gasteiger partial charge >= 0.3 is 0 Å². The number of sulfonamides is 1. The van der Waals surface area contributed by atoms with E-state index in [4.69, 9.17) is 0 Å². The molecule has 1 aromatic rings. The molecule has 1 fully saturated rings. The van der Waals surface area contributed by atoms with E-state index in [0.717, 1.165) is 12.5 Å². The molecular weight excluding hydrogens is 281 g/mol. The molecule has 0 aromatic heterocycles. The van der Waals surface area contributed by atoms with Gasteiger partial charge in [0.1, 0.15) is 10.7 Å². The summed E-state index contributed by atoms with van der Waals surface area (Å²) in [5, 5.41) is 9.46. The minimum absolute atomic E-state index is 0.0666. The molecule has 1 N–H and O–H groups in total. The highest BCUT2D eigenvalue weighted by atomic mass is 32.2. The first kappa shape index (κ1) is 15.4. The molecule has 20 heavy (non-hydrogen) atoms. The lowest BCUT2D eigenvalue weighted by Gasteiger charge is -2.39. The Morgan fingerprint density at radius 2 is 1.90 bits per heavy atom. The molecule has 0 amide bonds. The van der Waals surface area contributed by atoms with Crippen molar-refractivity contribution in [3.8, 4) is 0 Å². The lowest BCUT2D eigenvalue weighted by atomic mass is 9.77. The van der Waals surface area contributed by atoms with E-state index >= 15 is 0 Å². The van der Waals surface area contributed by atoms with Gasteiger partial charge in [-0.3, -0.25) is 0 Å². The van der Waals surface area contributed by atoms with Crippen LogP contribution in [0.4, 0.5) is 4.39 Å². The van der Waals surface area contributed by atoms with Gasteiger partial charge in [0.15, 0.2) is 0 Å². The van der Waals surface area contributed by atoms with Crippen LogP contribution in [0.2, 0.25) is 0 Å². The van der Waals surface area contributed by atoms with Crippen LogP contribution in [0, 0.1) is 11.2 Å². The van der Waals surface area contributed by atoms with Crippen molar-refractivity contribution in [3.63, 3.8) is 0 Å². The molecule has 6 heteroatoms. The SMILES string of the molecule is CCC1(CO)CCN(S(=O)(=O)c2ccccc2F)CC1. The van der Waals surface area contributed by atoms with Gasteiger partial charge in [0.25, 0.3) is 0 Å². The number of piperidine rings is 1. The molecule has 0 bridgehead atoms. The highest BCUT2D eigenvalue weighted by molar-refractivity contribution is 7.89. The summed E-state index contributed by atoms with van der Waals surface area (Å²) in [5.74, 6) is -0.720. The molecule has 1 aromatic carbocycles. The zero-order chi connectivity index (χ0) is 14.8. The first-order valence-electron chi connectivity index (χ1n) is 6.81. The summed E-state index contributed by atoms with van der Waals surface area (Å²) in [6.45, 7) is 2.71. The zero-order valence-corrected chi connectivity index (χ0v) is 12.4. The fraction of sp³-hybridized carbons (Fsp3) is 0.571. The predicted octanol–water partition coefficient (Wildman–Crippen LogP) is 2.00. The van der Waals surface area contributed by atoms with Gasteiger partial charge in [0.05, 0.1) is 0 Å². The summed E-state index contributed by atoms with van der Waals surface area (Å²) in [7, 11) is -3.78. The van der Waals surface area contributed by atoms with E-state index < -0.39 is 15.8 Å². The quantitative estimate of drug-likeness (QED) is 0.925. The van der Waals surface area contributed by atoms with Crippen molar-refractivity contribution in [1.29, 1.82) is 0 Å². The first-order chi connectivity index (χ1) is 9.45. The number of aliphatic hydroxyl groups excluding tert-OH is 1. The third-order valence-corrected chi connectivity index (χ3v) is 6.25. The minimum atomic E-state index is -3.78. The van der Waals surface area contributed by atoms with E-state index in [0.29, 0.717) is 25.9 Å². The summed E-state index contributed by atoms with van der Waals surface area (Å²) in [5.41, 5.74) is -0.193. The van der Waals surface area contributed by atoms with Gasteiger partial charge in [-0.15, -0.1) is 0 Å². The van der Waals surface area contributed by atoms with Crippen molar-refractivity contribution in [2.75, 3.05) is 19.7 Å². The van der Waals surface area contributed by atoms with Crippen molar-refractivity contribution in [2.24, 2.45) is 5.41 Å². The van der Waals surface area contributed by atoms with E-state index in [1.54, 1.807) is 0 Å². The van der Waals surface area contributed by atoms with Crippen molar-refractivity contribution < 1.29 is 17.9 Å². The van der Waals surface area contributed by atoms with Crippen molar-refractivity contribution in [3.05, 3.63) is 30.1 Å². The number of halogens is 1. The van der Waals surface area contributed by atoms with Crippen LogP contribution in [-0.2, 0) is 10.0 Å². The van der Waals surface area contributed by atoms with Crippen LogP contribution >= 0.6 is 0 Å². The van der Waals surface area contributed by atoms with Gasteiger partial charge in [-0.2, -0.15) is 4.31 Å². The number of hydrogen-bond donors (Lipinski definition) is 1. The summed E-state index contributed by atoms with van der Waals surface area (Å²) in [4.78, 5) is -0.270. The molecule has 1 saturated heterocycles. The van der Waals surface area contributed by atoms with Crippen LogP contribution in [0.1, 0.15) is 26.2 Å². The Balaban J connectivity index is 2.20. The summed E-state index contributed by atoms with van der Waals surface area (Å²) < 4.78 is 39.8. The maximum Gasteiger partial charge on any atom is 0.245 e. The number of benzene rings is 1. The Morgan fingerprint density at radius 3 is 2.40 bits per heavy atom. The third-order valence-electron chi connectivity index (χ3n) is 4.32. The summed E-state index contributed by atoms with van der Waals surface area (Å²) in [6.07, 6.45) is 2.03. The molecule has 0 aliphatic carbocycles. The van der Waals surface area contributed by atoms with Gasteiger partial charge in [-0.05, 0) is 36.8 Å². The Morgan fingerprint density at radius 1 is 1.30 bits per heavy atom. The van der Waals surface area contributed by atoms with E-state index in [2.05, 4.69) is 0 Å². The molecule has 2 rings (SSSR count). The Bertz CT molecular complexity index is 560. The minimum Gasteiger partial charge on any atom is -0.396 e. The molecule has 0 unspecified atom stereocenters. The lowest BCUT2D eigenvalue weighted by Crippen LogP contribution is -2.44. The predicted molar refractivity (Wildman–Crippen MR) is 74.2 cm³/mol. The van der Waals surface area contributed by atoms with Crippen molar-refractivity contribution in [2.45, 2.75) is 31.1 Å². The van der Waals surface area contributed by atoms with Crippen LogP contribution in [0.25, 0.3) is 0 Å². The molecule has 1 aliphatic heterocycles. The second-order valence-electron chi connectivity index (χ2n) is 5.35. The van der Waals surface area contributed by atoms with E-state index in [1.165, 1.54) is 22.5 Å². The average Bonchev–Trinajstić information content (AvgIpc) is 2.47. The molecule has 0 radical (unpaired) electrons. The third kappa shape index (κ3) is 2.73. The number of rotatable bonds is 4. The average molecular weight is 301 g/mol. The summed E-state index contributed by atoms with van der Waals surface area (Å²) in [6, 6.07) is 5.43. The van der Waals surface area contributed by atoms with Crippen LogP contribution in [-0.4, -0.2) is 37.5 Å². The highest BCUT2D eigenvalue weighted by Crippen LogP contribution is 2.36. The largest absolute Gasteiger partial charge is 0.396 e. The van der Waals surface area contributed by atoms with Crippen molar-refractivity contribution in [1.82, 2.24) is 4.31 Å². The fourth-order valence-corrected chi connectivity index (χ4v) is 4.12. The fourth-order valence-electron chi connectivity index (χ4n) is 2.62. The Hall–Kier alpha value is -0.980. The topological polar surface area (TPSA) is 57.6 Å². The second kappa shape index (κ2) is 5.79. The Kier molecular flexibility index (Phi) is 4.46. The number of hydrogen-bond acceptors (Lipinski definition) is 3. The smallest absolute Gasteiger partial charge is 0.245 e. The highest BCUT2D eigenvalue weighted by Gasteiger charge is 2.37. The zero-order valence-electron chi connectivity index (χ0n) is 11.5. The van der Waals surface area contributed by atoms with Gasteiger partial charge in [-0.25, -0.2) is 12.8 Å². The van der Waals surface area contributed by atoms with Crippen LogP contribution in [0.5, 0.6) is 0 Å². The molecule has 0 atom stereocenters. The monoisotopic (exact) mass is 301 g/mol. The molecule has 0 spiro atoms. The number of aliphatic hydroxyl groups is 1. The molecule has 1 heterocycles. The van der Waals surface area contributed by atoms with Gasteiger partial charge in [0, 0.05) is 19.7 Å².